The summed E-state index contributed by atoms with van der Waals surface area (Å²) in [6.45, 7) is 8.50. The van der Waals surface area contributed by atoms with Crippen LogP contribution in [0.15, 0.2) is 170 Å². The molecule has 10 rings (SSSR count). The Hall–Kier alpha value is -7.46. The van der Waals surface area contributed by atoms with E-state index < -0.39 is 5.41 Å². The fraction of sp³-hybridized carbons (Fsp3) is 0.107. The molecule has 0 saturated heterocycles. The lowest BCUT2D eigenvalue weighted by Crippen LogP contribution is -2.27. The molecule has 1 spiro atoms. The third kappa shape index (κ3) is 5.70. The van der Waals surface area contributed by atoms with Crippen molar-refractivity contribution in [3.63, 3.8) is 0 Å². The van der Waals surface area contributed by atoms with Gasteiger partial charge in [0.2, 0.25) is 0 Å². The van der Waals surface area contributed by atoms with Gasteiger partial charge in [-0.25, -0.2) is 0 Å². The molecular weight excluding hydrogens is 715 g/mol. The van der Waals surface area contributed by atoms with Gasteiger partial charge in [0.25, 0.3) is 0 Å². The van der Waals surface area contributed by atoms with Crippen molar-refractivity contribution >= 4 is 17.1 Å². The first kappa shape index (κ1) is 35.9. The van der Waals surface area contributed by atoms with Crippen molar-refractivity contribution in [3.05, 3.63) is 242 Å². The van der Waals surface area contributed by atoms with E-state index in [-0.39, 0.29) is 5.92 Å². The number of nitrogens with zero attached hydrogens (tertiary/aromatic N) is 3. The molecule has 0 radical (unpaired) electrons. The number of hydrogen-bond donors (Lipinski definition) is 0. The molecule has 3 heteroatoms. The van der Waals surface area contributed by atoms with E-state index in [9.17, 15) is 10.5 Å². The SMILES string of the molecule is Cc1ccc(C(c2ccc(C)cc2)c2ccc3c(c2)C2(c4cc(C#N)ccc4-c4ccc(C#N)cc42)c2cc(N(c4ccc(C)cc4)c4ccc(C)cc4)ccc2-3)cc1. The van der Waals surface area contributed by atoms with Crippen LogP contribution in [0.3, 0.4) is 0 Å². The van der Waals surface area contributed by atoms with Crippen LogP contribution in [-0.4, -0.2) is 0 Å². The van der Waals surface area contributed by atoms with Crippen molar-refractivity contribution in [1.29, 1.82) is 10.5 Å². The Bertz CT molecular complexity index is 2730. The van der Waals surface area contributed by atoms with Crippen molar-refractivity contribution in [2.75, 3.05) is 4.90 Å². The topological polar surface area (TPSA) is 50.8 Å². The molecule has 0 amide bonds. The van der Waals surface area contributed by atoms with E-state index in [1.54, 1.807) is 0 Å². The molecule has 280 valence electrons. The molecule has 0 saturated carbocycles. The normalized spacial score (nSPS) is 12.7. The highest BCUT2D eigenvalue weighted by molar-refractivity contribution is 5.97. The van der Waals surface area contributed by atoms with Gasteiger partial charge < -0.3 is 4.90 Å². The van der Waals surface area contributed by atoms with Gasteiger partial charge in [0.05, 0.1) is 28.7 Å². The fourth-order valence-electron chi connectivity index (χ4n) is 9.62. The van der Waals surface area contributed by atoms with Gasteiger partial charge in [0.15, 0.2) is 0 Å². The maximum atomic E-state index is 10.4. The molecule has 0 N–H and O–H groups in total. The van der Waals surface area contributed by atoms with Crippen LogP contribution in [0.1, 0.15) is 78.2 Å². The van der Waals surface area contributed by atoms with Crippen LogP contribution in [0.2, 0.25) is 0 Å². The van der Waals surface area contributed by atoms with E-state index in [0.717, 1.165) is 61.6 Å². The Labute approximate surface area is 346 Å². The molecule has 0 aromatic heterocycles. The highest BCUT2D eigenvalue weighted by Crippen LogP contribution is 2.64. The van der Waals surface area contributed by atoms with Crippen LogP contribution in [0, 0.1) is 50.4 Å². The number of fused-ring (bicyclic) bond motifs is 10. The average Bonchev–Trinajstić information content (AvgIpc) is 3.72. The zero-order valence-corrected chi connectivity index (χ0v) is 33.6. The van der Waals surface area contributed by atoms with Crippen molar-refractivity contribution in [2.24, 2.45) is 0 Å². The number of nitriles is 2. The van der Waals surface area contributed by atoms with Gasteiger partial charge in [-0.2, -0.15) is 10.5 Å². The van der Waals surface area contributed by atoms with Crippen LogP contribution in [0.5, 0.6) is 0 Å². The Morgan fingerprint density at radius 3 is 1.15 bits per heavy atom. The first-order valence-electron chi connectivity index (χ1n) is 20.2. The Kier molecular flexibility index (Phi) is 8.45. The summed E-state index contributed by atoms with van der Waals surface area (Å²) in [5, 5.41) is 20.8. The summed E-state index contributed by atoms with van der Waals surface area (Å²) in [6.07, 6.45) is 0. The molecule has 0 aliphatic heterocycles. The average molecular weight is 756 g/mol. The predicted molar refractivity (Wildman–Crippen MR) is 240 cm³/mol. The number of anilines is 3. The van der Waals surface area contributed by atoms with Crippen molar-refractivity contribution in [3.8, 4) is 34.4 Å². The molecule has 0 unspecified atom stereocenters. The lowest BCUT2D eigenvalue weighted by atomic mass is 9.69. The summed E-state index contributed by atoms with van der Waals surface area (Å²) in [7, 11) is 0. The second-order valence-corrected chi connectivity index (χ2v) is 16.3. The van der Waals surface area contributed by atoms with Gasteiger partial charge in [0, 0.05) is 23.0 Å². The number of aryl methyl sites for hydroxylation is 4. The van der Waals surface area contributed by atoms with E-state index in [0.29, 0.717) is 11.1 Å². The Morgan fingerprint density at radius 1 is 0.373 bits per heavy atom. The van der Waals surface area contributed by atoms with Gasteiger partial charge in [-0.1, -0.05) is 131 Å². The third-order valence-corrected chi connectivity index (χ3v) is 12.5. The molecule has 0 fully saturated rings. The largest absolute Gasteiger partial charge is 0.310 e. The summed E-state index contributed by atoms with van der Waals surface area (Å²) in [5.74, 6) is -0.0207. The fourth-order valence-corrected chi connectivity index (χ4v) is 9.62. The molecule has 0 atom stereocenters. The summed E-state index contributed by atoms with van der Waals surface area (Å²) < 4.78 is 0. The maximum Gasteiger partial charge on any atom is 0.0991 e. The quantitative estimate of drug-likeness (QED) is 0.159. The first-order chi connectivity index (χ1) is 28.8. The first-order valence-corrected chi connectivity index (χ1v) is 20.2. The zero-order chi connectivity index (χ0) is 40.4. The monoisotopic (exact) mass is 755 g/mol. The van der Waals surface area contributed by atoms with E-state index in [1.807, 2.05) is 12.1 Å². The standard InChI is InChI=1S/C56H41N3/c1-35-5-15-41(16-6-35)55(42-17-7-36(2)8-18-42)43-19-27-49-50-28-24-46(59(44-20-9-37(3)10-21-44)45-22-11-38(4)12-23-45)32-54(50)56(53(49)31-43)51-29-39(33-57)13-25-47(51)48-26-14-40(34-58)30-52(48)56/h5-32,55H,1-4H3. The predicted octanol–water partition coefficient (Wildman–Crippen LogP) is 13.7. The van der Waals surface area contributed by atoms with Crippen molar-refractivity contribution in [2.45, 2.75) is 39.0 Å². The van der Waals surface area contributed by atoms with E-state index >= 15 is 0 Å². The molecule has 0 bridgehead atoms. The summed E-state index contributed by atoms with van der Waals surface area (Å²) >= 11 is 0. The molecule has 8 aromatic carbocycles. The second kappa shape index (κ2) is 13.9. The number of rotatable bonds is 6. The number of benzene rings is 8. The van der Waals surface area contributed by atoms with Crippen LogP contribution in [-0.2, 0) is 5.41 Å². The van der Waals surface area contributed by atoms with Crippen LogP contribution >= 0.6 is 0 Å². The highest BCUT2D eigenvalue weighted by Gasteiger charge is 2.52. The molecule has 3 nitrogen and oxygen atoms in total. The van der Waals surface area contributed by atoms with Gasteiger partial charge in [-0.15, -0.1) is 0 Å². The molecule has 0 heterocycles. The lowest BCUT2D eigenvalue weighted by Gasteiger charge is -2.33. The van der Waals surface area contributed by atoms with Gasteiger partial charge in [-0.05, 0) is 150 Å². The van der Waals surface area contributed by atoms with Gasteiger partial charge in [-0.3, -0.25) is 0 Å². The zero-order valence-electron chi connectivity index (χ0n) is 33.6. The van der Waals surface area contributed by atoms with E-state index in [1.165, 1.54) is 38.9 Å². The molecule has 2 aliphatic rings. The van der Waals surface area contributed by atoms with Gasteiger partial charge in [0.1, 0.15) is 0 Å². The molecule has 59 heavy (non-hydrogen) atoms. The summed E-state index contributed by atoms with van der Waals surface area (Å²) in [5.41, 5.74) is 21.0. The van der Waals surface area contributed by atoms with Crippen molar-refractivity contribution < 1.29 is 0 Å². The van der Waals surface area contributed by atoms with Crippen LogP contribution in [0.4, 0.5) is 17.1 Å². The Balaban J connectivity index is 1.29. The summed E-state index contributed by atoms with van der Waals surface area (Å²) in [6, 6.07) is 66.3. The van der Waals surface area contributed by atoms with Crippen molar-refractivity contribution in [1.82, 2.24) is 0 Å². The highest BCUT2D eigenvalue weighted by atomic mass is 15.1. The Morgan fingerprint density at radius 2 is 0.712 bits per heavy atom. The molecule has 2 aliphatic carbocycles. The second-order valence-electron chi connectivity index (χ2n) is 16.3. The summed E-state index contributed by atoms with van der Waals surface area (Å²) in [4.78, 5) is 2.33. The van der Waals surface area contributed by atoms with Crippen LogP contribution < -0.4 is 4.90 Å². The van der Waals surface area contributed by atoms with E-state index in [4.69, 9.17) is 0 Å². The van der Waals surface area contributed by atoms with Gasteiger partial charge >= 0.3 is 0 Å². The molecular formula is C56H41N3. The lowest BCUT2D eigenvalue weighted by molar-refractivity contribution is 0.788. The molecule has 8 aromatic rings. The minimum Gasteiger partial charge on any atom is -0.310 e. The van der Waals surface area contributed by atoms with Crippen LogP contribution in [0.25, 0.3) is 22.3 Å². The van der Waals surface area contributed by atoms with E-state index in [2.05, 4.69) is 202 Å². The third-order valence-electron chi connectivity index (χ3n) is 12.5. The minimum atomic E-state index is -0.807. The maximum absolute atomic E-state index is 10.4. The number of hydrogen-bond acceptors (Lipinski definition) is 3. The minimum absolute atomic E-state index is 0.0207. The smallest absolute Gasteiger partial charge is 0.0991 e.